The van der Waals surface area contributed by atoms with E-state index in [2.05, 4.69) is 62.2 Å². The molecule has 0 saturated heterocycles. The third-order valence-electron chi connectivity index (χ3n) is 3.26. The predicted molar refractivity (Wildman–Crippen MR) is 79.9 cm³/mol. The first kappa shape index (κ1) is 12.9. The van der Waals surface area contributed by atoms with E-state index in [-0.39, 0.29) is 0 Å². The van der Waals surface area contributed by atoms with Crippen LogP contribution in [0.2, 0.25) is 0 Å². The minimum atomic E-state index is 0.592. The Morgan fingerprint density at radius 3 is 2.33 bits per heavy atom. The molecule has 0 radical (unpaired) electrons. The van der Waals surface area contributed by atoms with E-state index in [1.807, 2.05) is 0 Å². The summed E-state index contributed by atoms with van der Waals surface area (Å²) in [5, 5.41) is 2.57. The number of hydrogen-bond acceptors (Lipinski definition) is 2. The van der Waals surface area contributed by atoms with Crippen molar-refractivity contribution in [1.29, 1.82) is 0 Å². The lowest BCUT2D eigenvalue weighted by Gasteiger charge is -2.24. The standard InChI is InChI=1S/C16H22N2/c1-12(2)11-18(3)16-9-8-13(10-17)14-6-4-5-7-15(14)16/h4-9,12H,10-11,17H2,1-3H3. The molecular weight excluding hydrogens is 220 g/mol. The molecule has 0 saturated carbocycles. The molecule has 0 bridgehead atoms. The normalized spacial score (nSPS) is 11.2. The molecule has 0 amide bonds. The van der Waals surface area contributed by atoms with Gasteiger partial charge in [0.25, 0.3) is 0 Å². The summed E-state index contributed by atoms with van der Waals surface area (Å²) in [6.45, 7) is 6.14. The van der Waals surface area contributed by atoms with Gasteiger partial charge >= 0.3 is 0 Å². The Morgan fingerprint density at radius 2 is 1.72 bits per heavy atom. The fraction of sp³-hybridized carbons (Fsp3) is 0.375. The smallest absolute Gasteiger partial charge is 0.0443 e. The van der Waals surface area contributed by atoms with Gasteiger partial charge in [0.2, 0.25) is 0 Å². The molecule has 2 rings (SSSR count). The van der Waals surface area contributed by atoms with Crippen molar-refractivity contribution in [2.75, 3.05) is 18.5 Å². The molecule has 0 aromatic heterocycles. The molecular formula is C16H22N2. The summed E-state index contributed by atoms with van der Waals surface area (Å²) in [5.74, 6) is 0.656. The lowest BCUT2D eigenvalue weighted by atomic mass is 10.0. The van der Waals surface area contributed by atoms with Crippen molar-refractivity contribution in [1.82, 2.24) is 0 Å². The van der Waals surface area contributed by atoms with Gasteiger partial charge in [-0.25, -0.2) is 0 Å². The molecule has 0 spiro atoms. The first-order valence-electron chi connectivity index (χ1n) is 6.55. The first-order chi connectivity index (χ1) is 8.63. The highest BCUT2D eigenvalue weighted by atomic mass is 15.1. The molecule has 2 aromatic rings. The topological polar surface area (TPSA) is 29.3 Å². The van der Waals surface area contributed by atoms with Gasteiger partial charge in [-0.3, -0.25) is 0 Å². The molecule has 0 atom stereocenters. The number of hydrogen-bond donors (Lipinski definition) is 1. The molecule has 0 aliphatic rings. The van der Waals surface area contributed by atoms with Gasteiger partial charge in [-0.15, -0.1) is 0 Å². The summed E-state index contributed by atoms with van der Waals surface area (Å²) in [6.07, 6.45) is 0. The van der Waals surface area contributed by atoms with Crippen molar-refractivity contribution in [3.05, 3.63) is 42.0 Å². The summed E-state index contributed by atoms with van der Waals surface area (Å²) in [5.41, 5.74) is 8.31. The van der Waals surface area contributed by atoms with E-state index < -0.39 is 0 Å². The average molecular weight is 242 g/mol. The molecule has 0 unspecified atom stereocenters. The SMILES string of the molecule is CC(C)CN(C)c1ccc(CN)c2ccccc12. The van der Waals surface area contributed by atoms with Crippen LogP contribution in [0.15, 0.2) is 36.4 Å². The van der Waals surface area contributed by atoms with Crippen LogP contribution in [0.1, 0.15) is 19.4 Å². The number of benzene rings is 2. The Morgan fingerprint density at radius 1 is 1.06 bits per heavy atom. The number of rotatable bonds is 4. The molecule has 2 aromatic carbocycles. The zero-order chi connectivity index (χ0) is 13.1. The lowest BCUT2D eigenvalue weighted by molar-refractivity contribution is 0.639. The van der Waals surface area contributed by atoms with E-state index in [9.17, 15) is 0 Å². The number of nitrogens with zero attached hydrogens (tertiary/aromatic N) is 1. The lowest BCUT2D eigenvalue weighted by Crippen LogP contribution is -2.22. The Labute approximate surface area is 109 Å². The van der Waals surface area contributed by atoms with Gasteiger partial charge in [0, 0.05) is 31.2 Å². The summed E-state index contributed by atoms with van der Waals surface area (Å²) in [7, 11) is 2.16. The monoisotopic (exact) mass is 242 g/mol. The predicted octanol–water partition coefficient (Wildman–Crippen LogP) is 3.39. The maximum atomic E-state index is 5.81. The summed E-state index contributed by atoms with van der Waals surface area (Å²) in [6, 6.07) is 12.8. The molecule has 2 heteroatoms. The highest BCUT2D eigenvalue weighted by Gasteiger charge is 2.09. The number of fused-ring (bicyclic) bond motifs is 1. The first-order valence-corrected chi connectivity index (χ1v) is 6.55. The molecule has 0 heterocycles. The van der Waals surface area contributed by atoms with E-state index >= 15 is 0 Å². The van der Waals surface area contributed by atoms with Crippen LogP contribution < -0.4 is 10.6 Å². The minimum absolute atomic E-state index is 0.592. The van der Waals surface area contributed by atoms with Crippen LogP contribution in [0, 0.1) is 5.92 Å². The van der Waals surface area contributed by atoms with Crippen molar-refractivity contribution in [2.45, 2.75) is 20.4 Å². The van der Waals surface area contributed by atoms with Crippen molar-refractivity contribution >= 4 is 16.5 Å². The van der Waals surface area contributed by atoms with E-state index in [1.54, 1.807) is 0 Å². The van der Waals surface area contributed by atoms with Gasteiger partial charge in [0.05, 0.1) is 0 Å². The zero-order valence-corrected chi connectivity index (χ0v) is 11.5. The highest BCUT2D eigenvalue weighted by molar-refractivity contribution is 5.96. The Bertz CT molecular complexity index is 532. The zero-order valence-electron chi connectivity index (χ0n) is 11.5. The Hall–Kier alpha value is -1.54. The van der Waals surface area contributed by atoms with E-state index in [1.165, 1.54) is 22.0 Å². The third kappa shape index (κ3) is 2.49. The second-order valence-corrected chi connectivity index (χ2v) is 5.27. The van der Waals surface area contributed by atoms with Gasteiger partial charge in [-0.1, -0.05) is 44.2 Å². The van der Waals surface area contributed by atoms with Gasteiger partial charge in [0.15, 0.2) is 0 Å². The Kier molecular flexibility index (Phi) is 3.87. The summed E-state index contributed by atoms with van der Waals surface area (Å²) in [4.78, 5) is 2.33. The Balaban J connectivity index is 2.52. The van der Waals surface area contributed by atoms with Crippen molar-refractivity contribution < 1.29 is 0 Å². The second-order valence-electron chi connectivity index (χ2n) is 5.27. The number of nitrogens with two attached hydrogens (primary N) is 1. The molecule has 0 aliphatic carbocycles. The number of anilines is 1. The molecule has 2 nitrogen and oxygen atoms in total. The van der Waals surface area contributed by atoms with Crippen LogP contribution in [0.4, 0.5) is 5.69 Å². The molecule has 0 aliphatic heterocycles. The highest BCUT2D eigenvalue weighted by Crippen LogP contribution is 2.29. The largest absolute Gasteiger partial charge is 0.374 e. The van der Waals surface area contributed by atoms with Crippen molar-refractivity contribution in [3.8, 4) is 0 Å². The van der Waals surface area contributed by atoms with Gasteiger partial charge in [-0.2, -0.15) is 0 Å². The fourth-order valence-electron chi connectivity index (χ4n) is 2.50. The van der Waals surface area contributed by atoms with E-state index in [0.29, 0.717) is 12.5 Å². The van der Waals surface area contributed by atoms with Gasteiger partial charge in [0.1, 0.15) is 0 Å². The van der Waals surface area contributed by atoms with Crippen LogP contribution in [0.3, 0.4) is 0 Å². The second kappa shape index (κ2) is 5.40. The fourth-order valence-corrected chi connectivity index (χ4v) is 2.50. The van der Waals surface area contributed by atoms with Crippen LogP contribution in [-0.2, 0) is 6.54 Å². The molecule has 0 fully saturated rings. The van der Waals surface area contributed by atoms with Crippen LogP contribution in [-0.4, -0.2) is 13.6 Å². The van der Waals surface area contributed by atoms with E-state index in [4.69, 9.17) is 5.73 Å². The molecule has 18 heavy (non-hydrogen) atoms. The van der Waals surface area contributed by atoms with E-state index in [0.717, 1.165) is 6.54 Å². The summed E-state index contributed by atoms with van der Waals surface area (Å²) >= 11 is 0. The molecule has 96 valence electrons. The van der Waals surface area contributed by atoms with Crippen LogP contribution >= 0.6 is 0 Å². The van der Waals surface area contributed by atoms with Crippen LogP contribution in [0.5, 0.6) is 0 Å². The third-order valence-corrected chi connectivity index (χ3v) is 3.26. The van der Waals surface area contributed by atoms with Gasteiger partial charge in [-0.05, 0) is 22.9 Å². The minimum Gasteiger partial charge on any atom is -0.374 e. The average Bonchev–Trinajstić information content (AvgIpc) is 2.36. The van der Waals surface area contributed by atoms with Crippen LogP contribution in [0.25, 0.3) is 10.8 Å². The van der Waals surface area contributed by atoms with Crippen molar-refractivity contribution in [3.63, 3.8) is 0 Å². The maximum absolute atomic E-state index is 5.81. The maximum Gasteiger partial charge on any atom is 0.0443 e. The summed E-state index contributed by atoms with van der Waals surface area (Å²) < 4.78 is 0. The molecule has 2 N–H and O–H groups in total. The van der Waals surface area contributed by atoms with Crippen molar-refractivity contribution in [2.24, 2.45) is 11.7 Å². The quantitative estimate of drug-likeness (QED) is 0.890. The van der Waals surface area contributed by atoms with Gasteiger partial charge < -0.3 is 10.6 Å².